The van der Waals surface area contributed by atoms with E-state index in [0.717, 1.165) is 0 Å². The van der Waals surface area contributed by atoms with E-state index >= 15 is 0 Å². The number of aromatic nitrogens is 2. The van der Waals surface area contributed by atoms with Gasteiger partial charge in [-0.3, -0.25) is 0 Å². The van der Waals surface area contributed by atoms with Crippen LogP contribution in [0.4, 0.5) is 23.0 Å². The van der Waals surface area contributed by atoms with Gasteiger partial charge < -0.3 is 22.9 Å². The van der Waals surface area contributed by atoms with Gasteiger partial charge in [-0.2, -0.15) is 10.5 Å². The third-order valence-electron chi connectivity index (χ3n) is 3.64. The zero-order chi connectivity index (χ0) is 18.7. The van der Waals surface area contributed by atoms with Gasteiger partial charge in [0.25, 0.3) is 0 Å². The second-order valence-electron chi connectivity index (χ2n) is 4.95. The summed E-state index contributed by atoms with van der Waals surface area (Å²) in [6.45, 7) is 0. The summed E-state index contributed by atoms with van der Waals surface area (Å²) in [5, 5.41) is 19.6. The van der Waals surface area contributed by atoms with Crippen LogP contribution in [0, 0.1) is 22.7 Å². The van der Waals surface area contributed by atoms with Crippen LogP contribution in [0.5, 0.6) is 0 Å². The molecule has 0 saturated heterocycles. The Balaban J connectivity index is 2.67. The van der Waals surface area contributed by atoms with Crippen LogP contribution < -0.4 is 22.9 Å². The Hall–Kier alpha value is -2.82. The Morgan fingerprint density at radius 1 is 0.800 bits per heavy atom. The molecule has 0 aliphatic carbocycles. The molecule has 0 aliphatic heterocycles. The highest BCUT2D eigenvalue weighted by molar-refractivity contribution is 7.98. The zero-order valence-corrected chi connectivity index (χ0v) is 15.3. The zero-order valence-electron chi connectivity index (χ0n) is 13.6. The Bertz CT molecular complexity index is 852. The molecule has 2 aromatic rings. The Kier molecular flexibility index (Phi) is 5.47. The smallest absolute Gasteiger partial charge is 0.130 e. The van der Waals surface area contributed by atoms with Gasteiger partial charge in [-0.15, -0.1) is 23.5 Å². The fourth-order valence-electron chi connectivity index (χ4n) is 2.33. The molecule has 2 rings (SSSR count). The number of hydrogen-bond donors (Lipinski definition) is 4. The van der Waals surface area contributed by atoms with Crippen LogP contribution in [0.15, 0.2) is 10.1 Å². The molecule has 0 aliphatic rings. The van der Waals surface area contributed by atoms with Crippen molar-refractivity contribution in [1.82, 2.24) is 9.97 Å². The van der Waals surface area contributed by atoms with E-state index in [2.05, 4.69) is 9.97 Å². The first kappa shape index (κ1) is 18.5. The molecule has 25 heavy (non-hydrogen) atoms. The van der Waals surface area contributed by atoms with Gasteiger partial charge in [0.1, 0.15) is 45.0 Å². The van der Waals surface area contributed by atoms with Crippen molar-refractivity contribution in [1.29, 1.82) is 10.5 Å². The number of nitrogens with two attached hydrogens (primary N) is 4. The minimum absolute atomic E-state index is 0.127. The van der Waals surface area contributed by atoms with Gasteiger partial charge in [0, 0.05) is 17.5 Å². The van der Waals surface area contributed by atoms with E-state index in [9.17, 15) is 10.5 Å². The largest absolute Gasteiger partial charge is 0.397 e. The second kappa shape index (κ2) is 7.38. The van der Waals surface area contributed by atoms with Crippen molar-refractivity contribution in [2.75, 3.05) is 35.4 Å². The van der Waals surface area contributed by atoms with E-state index in [0.29, 0.717) is 21.2 Å². The Morgan fingerprint density at radius 3 is 1.44 bits per heavy atom. The highest BCUT2D eigenvalue weighted by Gasteiger charge is 2.21. The summed E-state index contributed by atoms with van der Waals surface area (Å²) >= 11 is 2.56. The molecule has 2 aromatic heterocycles. The van der Waals surface area contributed by atoms with Gasteiger partial charge in [-0.05, 0) is 12.5 Å². The van der Waals surface area contributed by atoms with Crippen LogP contribution in [0.1, 0.15) is 22.3 Å². The molecule has 0 aromatic carbocycles. The van der Waals surface area contributed by atoms with Crippen molar-refractivity contribution in [3.05, 3.63) is 22.3 Å². The molecule has 0 spiro atoms. The lowest BCUT2D eigenvalue weighted by Gasteiger charge is -2.16. The number of hydrogen-bond acceptors (Lipinski definition) is 10. The normalized spacial score (nSPS) is 10.2. The average Bonchev–Trinajstić information content (AvgIpc) is 2.59. The highest BCUT2D eigenvalue weighted by Crippen LogP contribution is 2.35. The molecule has 0 fully saturated rings. The van der Waals surface area contributed by atoms with Crippen LogP contribution in [-0.4, -0.2) is 22.5 Å². The Labute approximate surface area is 153 Å². The first-order valence-electron chi connectivity index (χ1n) is 6.93. The average molecular weight is 372 g/mol. The summed E-state index contributed by atoms with van der Waals surface area (Å²) in [6, 6.07) is 4.08. The molecule has 0 amide bonds. The maximum atomic E-state index is 9.34. The number of anilines is 4. The summed E-state index contributed by atoms with van der Waals surface area (Å²) in [5.41, 5.74) is 26.1. The summed E-state index contributed by atoms with van der Waals surface area (Å²) < 4.78 is 0. The minimum atomic E-state index is 0.127. The maximum Gasteiger partial charge on any atom is 0.130 e. The quantitative estimate of drug-likeness (QED) is 0.576. The molecule has 8 nitrogen and oxygen atoms in total. The number of thioether (sulfide) groups is 2. The SMILES string of the molecule is CSc1nc(N)c(Cc2c(N)nc(SC)c(C#N)c2N)c(N)c1C#N. The number of nitriles is 2. The predicted molar refractivity (Wildman–Crippen MR) is 102 cm³/mol. The van der Waals surface area contributed by atoms with E-state index in [4.69, 9.17) is 22.9 Å². The van der Waals surface area contributed by atoms with E-state index in [1.807, 2.05) is 12.1 Å². The van der Waals surface area contributed by atoms with Crippen molar-refractivity contribution in [3.8, 4) is 12.1 Å². The molecule has 0 unspecified atom stereocenters. The van der Waals surface area contributed by atoms with Crippen LogP contribution in [0.2, 0.25) is 0 Å². The Morgan fingerprint density at radius 2 is 1.16 bits per heavy atom. The summed E-state index contributed by atoms with van der Waals surface area (Å²) in [4.78, 5) is 8.44. The summed E-state index contributed by atoms with van der Waals surface area (Å²) in [5.74, 6) is 0.374. The number of pyridine rings is 2. The lowest BCUT2D eigenvalue weighted by molar-refractivity contribution is 1.04. The monoisotopic (exact) mass is 372 g/mol. The molecule has 10 heteroatoms. The highest BCUT2D eigenvalue weighted by atomic mass is 32.2. The van der Waals surface area contributed by atoms with Gasteiger partial charge >= 0.3 is 0 Å². The molecule has 0 radical (unpaired) electrons. The van der Waals surface area contributed by atoms with Crippen molar-refractivity contribution >= 4 is 46.5 Å². The van der Waals surface area contributed by atoms with Gasteiger partial charge in [-0.25, -0.2) is 9.97 Å². The second-order valence-corrected chi connectivity index (χ2v) is 6.54. The van der Waals surface area contributed by atoms with Crippen LogP contribution >= 0.6 is 23.5 Å². The van der Waals surface area contributed by atoms with Gasteiger partial charge in [0.05, 0.1) is 11.4 Å². The third kappa shape index (κ3) is 3.22. The molecule has 128 valence electrons. The molecular formula is C15H16N8S2. The van der Waals surface area contributed by atoms with Crippen molar-refractivity contribution in [2.45, 2.75) is 16.5 Å². The fourth-order valence-corrected chi connectivity index (χ4v) is 3.43. The molecular weight excluding hydrogens is 356 g/mol. The maximum absolute atomic E-state index is 9.34. The molecule has 2 heterocycles. The number of nitrogens with zero attached hydrogens (tertiary/aromatic N) is 4. The lowest BCUT2D eigenvalue weighted by Crippen LogP contribution is -2.12. The van der Waals surface area contributed by atoms with Crippen LogP contribution in [0.25, 0.3) is 0 Å². The first-order chi connectivity index (χ1) is 11.9. The minimum Gasteiger partial charge on any atom is -0.397 e. The molecule has 0 bridgehead atoms. The summed E-state index contributed by atoms with van der Waals surface area (Å²) in [6.07, 6.45) is 3.69. The standard InChI is InChI=1S/C15H16N8S2/c1-24-14-8(4-16)10(18)6(12(20)22-14)3-7-11(19)9(5-17)15(25-2)23-13(7)21/h3H2,1-2H3,(H4,18,20,22)(H4,19,21,23). The summed E-state index contributed by atoms with van der Waals surface area (Å²) in [7, 11) is 0. The third-order valence-corrected chi connectivity index (χ3v) is 5.01. The molecule has 0 saturated carbocycles. The first-order valence-corrected chi connectivity index (χ1v) is 9.38. The van der Waals surface area contributed by atoms with Crippen LogP contribution in [0.3, 0.4) is 0 Å². The number of nitrogen functional groups attached to an aromatic ring is 4. The van der Waals surface area contributed by atoms with Gasteiger partial charge in [0.2, 0.25) is 0 Å². The fraction of sp³-hybridized carbons (Fsp3) is 0.200. The van der Waals surface area contributed by atoms with E-state index < -0.39 is 0 Å². The molecule has 8 N–H and O–H groups in total. The van der Waals surface area contributed by atoms with Gasteiger partial charge in [0.15, 0.2) is 0 Å². The van der Waals surface area contributed by atoms with Crippen LogP contribution in [-0.2, 0) is 6.42 Å². The predicted octanol–water partition coefficient (Wildman–Crippen LogP) is 1.58. The van der Waals surface area contributed by atoms with Gasteiger partial charge in [-0.1, -0.05) is 0 Å². The van der Waals surface area contributed by atoms with Crippen molar-refractivity contribution in [2.24, 2.45) is 0 Å². The van der Waals surface area contributed by atoms with E-state index in [-0.39, 0.29) is 40.6 Å². The topological polar surface area (TPSA) is 177 Å². The molecule has 0 atom stereocenters. The van der Waals surface area contributed by atoms with Crippen molar-refractivity contribution in [3.63, 3.8) is 0 Å². The van der Waals surface area contributed by atoms with E-state index in [1.54, 1.807) is 12.5 Å². The van der Waals surface area contributed by atoms with Crippen molar-refractivity contribution < 1.29 is 0 Å². The van der Waals surface area contributed by atoms with E-state index in [1.165, 1.54) is 23.5 Å². The lowest BCUT2D eigenvalue weighted by atomic mass is 9.99. The number of rotatable bonds is 4.